The Kier molecular flexibility index (Phi) is 27.2. The molecule has 0 aromatic carbocycles. The van der Waals surface area contributed by atoms with Crippen LogP contribution in [0.1, 0.15) is 188 Å². The molecule has 0 unspecified atom stereocenters. The molecule has 0 bridgehead atoms. The zero-order chi connectivity index (χ0) is 27.4. The standard InChI is InChI=1S/C33H64O4/c1-4-5-6-7-8-9-10-11-12-16-19-22-25-28-33(36)37-31(29-32(34)35)27-24-21-18-15-13-14-17-20-23-26-30(2)3/h30-31H,4-29H2,1-3H3,(H,34,35)/t31-/m1/s1. The van der Waals surface area contributed by atoms with Gasteiger partial charge < -0.3 is 9.84 Å². The lowest BCUT2D eigenvalue weighted by atomic mass is 10.0. The maximum absolute atomic E-state index is 12.2. The van der Waals surface area contributed by atoms with Gasteiger partial charge in [-0.1, -0.05) is 156 Å². The van der Waals surface area contributed by atoms with Gasteiger partial charge >= 0.3 is 11.9 Å². The molecule has 0 amide bonds. The molecule has 0 radical (unpaired) electrons. The molecule has 0 spiro atoms. The molecule has 0 rings (SSSR count). The monoisotopic (exact) mass is 524 g/mol. The third kappa shape index (κ3) is 29.4. The van der Waals surface area contributed by atoms with Crippen molar-refractivity contribution in [2.75, 3.05) is 0 Å². The van der Waals surface area contributed by atoms with Gasteiger partial charge in [0.2, 0.25) is 0 Å². The van der Waals surface area contributed by atoms with E-state index in [0.29, 0.717) is 12.8 Å². The molecule has 0 aliphatic rings. The van der Waals surface area contributed by atoms with Gasteiger partial charge in [-0.2, -0.15) is 0 Å². The zero-order valence-corrected chi connectivity index (χ0v) is 25.2. The summed E-state index contributed by atoms with van der Waals surface area (Å²) in [5.74, 6) is -0.272. The summed E-state index contributed by atoms with van der Waals surface area (Å²) in [5.41, 5.74) is 0. The van der Waals surface area contributed by atoms with E-state index in [9.17, 15) is 14.7 Å². The summed E-state index contributed by atoms with van der Waals surface area (Å²) >= 11 is 0. The summed E-state index contributed by atoms with van der Waals surface area (Å²) in [6, 6.07) is 0. The number of carbonyl (C=O) groups excluding carboxylic acids is 1. The van der Waals surface area contributed by atoms with E-state index in [4.69, 9.17) is 4.74 Å². The Morgan fingerprint density at radius 1 is 0.568 bits per heavy atom. The highest BCUT2D eigenvalue weighted by Crippen LogP contribution is 2.17. The molecule has 0 aliphatic carbocycles. The predicted molar refractivity (Wildman–Crippen MR) is 158 cm³/mol. The van der Waals surface area contributed by atoms with Crippen LogP contribution in [0, 0.1) is 5.92 Å². The van der Waals surface area contributed by atoms with E-state index < -0.39 is 12.1 Å². The second-order valence-electron chi connectivity index (χ2n) is 11.9. The van der Waals surface area contributed by atoms with E-state index in [1.54, 1.807) is 0 Å². The van der Waals surface area contributed by atoms with Gasteiger partial charge in [0.15, 0.2) is 0 Å². The molecule has 0 heterocycles. The predicted octanol–water partition coefficient (Wildman–Crippen LogP) is 10.8. The highest BCUT2D eigenvalue weighted by molar-refractivity contribution is 5.71. The van der Waals surface area contributed by atoms with E-state index in [-0.39, 0.29) is 12.4 Å². The topological polar surface area (TPSA) is 63.6 Å². The number of unbranched alkanes of at least 4 members (excludes halogenated alkanes) is 20. The van der Waals surface area contributed by atoms with Crippen LogP contribution in [0.3, 0.4) is 0 Å². The summed E-state index contributed by atoms with van der Waals surface area (Å²) in [6.45, 7) is 6.85. The molecular weight excluding hydrogens is 460 g/mol. The number of aliphatic carboxylic acids is 1. The number of esters is 1. The third-order valence-electron chi connectivity index (χ3n) is 7.49. The SMILES string of the molecule is CCCCCCCCCCCCCCCC(=O)O[C@H](CCCCCCCCCCCC(C)C)CC(=O)O. The highest BCUT2D eigenvalue weighted by atomic mass is 16.5. The van der Waals surface area contributed by atoms with Crippen molar-refractivity contribution in [3.05, 3.63) is 0 Å². The van der Waals surface area contributed by atoms with Gasteiger partial charge in [0.1, 0.15) is 6.10 Å². The first-order valence-corrected chi connectivity index (χ1v) is 16.4. The lowest BCUT2D eigenvalue weighted by Crippen LogP contribution is -2.21. The Hall–Kier alpha value is -1.06. The first-order chi connectivity index (χ1) is 18.0. The smallest absolute Gasteiger partial charge is 0.307 e. The van der Waals surface area contributed by atoms with Crippen molar-refractivity contribution in [2.45, 2.75) is 194 Å². The van der Waals surface area contributed by atoms with Crippen LogP contribution in [0.5, 0.6) is 0 Å². The maximum Gasteiger partial charge on any atom is 0.307 e. The van der Waals surface area contributed by atoms with Crippen LogP contribution in [0.15, 0.2) is 0 Å². The highest BCUT2D eigenvalue weighted by Gasteiger charge is 2.17. The first-order valence-electron chi connectivity index (χ1n) is 16.4. The van der Waals surface area contributed by atoms with Crippen molar-refractivity contribution >= 4 is 11.9 Å². The summed E-state index contributed by atoms with van der Waals surface area (Å²) in [6.07, 6.45) is 29.7. The van der Waals surface area contributed by atoms with Crippen LogP contribution in [-0.4, -0.2) is 23.1 Å². The maximum atomic E-state index is 12.2. The summed E-state index contributed by atoms with van der Waals surface area (Å²) < 4.78 is 5.55. The van der Waals surface area contributed by atoms with E-state index in [1.165, 1.54) is 122 Å². The largest absolute Gasteiger partial charge is 0.481 e. The van der Waals surface area contributed by atoms with Gasteiger partial charge in [0.05, 0.1) is 6.42 Å². The van der Waals surface area contributed by atoms with E-state index in [2.05, 4.69) is 20.8 Å². The molecule has 0 aliphatic heterocycles. The quantitative estimate of drug-likeness (QED) is 0.0780. The summed E-state index contributed by atoms with van der Waals surface area (Å²) in [7, 11) is 0. The fourth-order valence-electron chi connectivity index (χ4n) is 5.09. The van der Waals surface area contributed by atoms with Gasteiger partial charge in [-0.3, -0.25) is 9.59 Å². The second-order valence-corrected chi connectivity index (χ2v) is 11.9. The van der Waals surface area contributed by atoms with Crippen molar-refractivity contribution in [3.8, 4) is 0 Å². The van der Waals surface area contributed by atoms with E-state index in [0.717, 1.165) is 31.6 Å². The molecule has 0 saturated carbocycles. The number of carboxylic acids is 1. The van der Waals surface area contributed by atoms with Crippen molar-refractivity contribution < 1.29 is 19.4 Å². The summed E-state index contributed by atoms with van der Waals surface area (Å²) in [5, 5.41) is 9.20. The number of hydrogen-bond donors (Lipinski definition) is 1. The number of ether oxygens (including phenoxy) is 1. The number of carboxylic acid groups (broad SMARTS) is 1. The van der Waals surface area contributed by atoms with Crippen LogP contribution in [0.2, 0.25) is 0 Å². The van der Waals surface area contributed by atoms with Crippen LogP contribution < -0.4 is 0 Å². The van der Waals surface area contributed by atoms with Gasteiger partial charge in [0, 0.05) is 6.42 Å². The third-order valence-corrected chi connectivity index (χ3v) is 7.49. The van der Waals surface area contributed by atoms with Crippen LogP contribution in [-0.2, 0) is 14.3 Å². The minimum Gasteiger partial charge on any atom is -0.481 e. The summed E-state index contributed by atoms with van der Waals surface area (Å²) in [4.78, 5) is 23.4. The van der Waals surface area contributed by atoms with Crippen LogP contribution in [0.4, 0.5) is 0 Å². The fraction of sp³-hybridized carbons (Fsp3) is 0.939. The Morgan fingerprint density at radius 2 is 0.946 bits per heavy atom. The normalized spacial score (nSPS) is 12.2. The molecule has 220 valence electrons. The second kappa shape index (κ2) is 28.0. The Balaban J connectivity index is 3.67. The molecule has 37 heavy (non-hydrogen) atoms. The molecule has 1 N–H and O–H groups in total. The molecular formula is C33H64O4. The Bertz CT molecular complexity index is 503. The molecule has 4 heteroatoms. The van der Waals surface area contributed by atoms with E-state index >= 15 is 0 Å². The van der Waals surface area contributed by atoms with Gasteiger partial charge in [0.25, 0.3) is 0 Å². The average molecular weight is 525 g/mol. The molecule has 0 aromatic rings. The average Bonchev–Trinajstić information content (AvgIpc) is 2.84. The fourth-order valence-corrected chi connectivity index (χ4v) is 5.09. The lowest BCUT2D eigenvalue weighted by molar-refractivity contribution is -0.153. The Labute approximate surface area is 231 Å². The molecule has 1 atom stereocenters. The first kappa shape index (κ1) is 35.9. The molecule has 0 fully saturated rings. The van der Waals surface area contributed by atoms with Crippen molar-refractivity contribution in [3.63, 3.8) is 0 Å². The molecule has 4 nitrogen and oxygen atoms in total. The van der Waals surface area contributed by atoms with Crippen molar-refractivity contribution in [1.29, 1.82) is 0 Å². The lowest BCUT2D eigenvalue weighted by Gasteiger charge is -2.16. The number of rotatable bonds is 29. The number of carbonyl (C=O) groups is 2. The molecule has 0 aromatic heterocycles. The van der Waals surface area contributed by atoms with Gasteiger partial charge in [-0.05, 0) is 25.2 Å². The van der Waals surface area contributed by atoms with Crippen molar-refractivity contribution in [1.82, 2.24) is 0 Å². The Morgan fingerprint density at radius 3 is 1.35 bits per heavy atom. The zero-order valence-electron chi connectivity index (χ0n) is 25.2. The van der Waals surface area contributed by atoms with Crippen LogP contribution in [0.25, 0.3) is 0 Å². The van der Waals surface area contributed by atoms with Gasteiger partial charge in [-0.25, -0.2) is 0 Å². The molecule has 0 saturated heterocycles. The minimum atomic E-state index is -0.878. The number of hydrogen-bond acceptors (Lipinski definition) is 3. The van der Waals surface area contributed by atoms with Crippen LogP contribution >= 0.6 is 0 Å². The van der Waals surface area contributed by atoms with Crippen molar-refractivity contribution in [2.24, 2.45) is 5.92 Å². The minimum absolute atomic E-state index is 0.0687. The van der Waals surface area contributed by atoms with E-state index in [1.807, 2.05) is 0 Å². The van der Waals surface area contributed by atoms with Gasteiger partial charge in [-0.15, -0.1) is 0 Å².